The van der Waals surface area contributed by atoms with Crippen molar-refractivity contribution in [1.82, 2.24) is 20.3 Å². The lowest BCUT2D eigenvalue weighted by atomic mass is 10.00. The summed E-state index contributed by atoms with van der Waals surface area (Å²) in [4.78, 5) is 0. The molecule has 0 unspecified atom stereocenters. The fourth-order valence-corrected chi connectivity index (χ4v) is 1.47. The summed E-state index contributed by atoms with van der Waals surface area (Å²) in [6.45, 7) is 5.31. The molecular weight excluding hydrogens is 152 g/mol. The van der Waals surface area contributed by atoms with Gasteiger partial charge in [0.2, 0.25) is 0 Å². The quantitative estimate of drug-likeness (QED) is 0.705. The number of nitrogens with zero attached hydrogens (tertiary/aromatic N) is 3. The van der Waals surface area contributed by atoms with Crippen molar-refractivity contribution in [2.75, 3.05) is 13.1 Å². The summed E-state index contributed by atoms with van der Waals surface area (Å²) >= 11 is 0. The molecule has 1 fully saturated rings. The standard InChI is InChI=1S/C8H14N4/c1-2-3-12-8(6-10-11-12)7-4-9-5-7/h6-7,9H,2-5H2,1H3. The third kappa shape index (κ3) is 1.22. The lowest BCUT2D eigenvalue weighted by Crippen LogP contribution is -2.41. The van der Waals surface area contributed by atoms with E-state index in [1.807, 2.05) is 10.9 Å². The van der Waals surface area contributed by atoms with Crippen molar-refractivity contribution >= 4 is 0 Å². The lowest BCUT2D eigenvalue weighted by Gasteiger charge is -2.26. The molecule has 0 aliphatic carbocycles. The van der Waals surface area contributed by atoms with Crippen molar-refractivity contribution in [1.29, 1.82) is 0 Å². The highest BCUT2D eigenvalue weighted by Gasteiger charge is 2.22. The highest BCUT2D eigenvalue weighted by Crippen LogP contribution is 2.18. The zero-order chi connectivity index (χ0) is 8.39. The first-order valence-corrected chi connectivity index (χ1v) is 4.51. The van der Waals surface area contributed by atoms with Gasteiger partial charge >= 0.3 is 0 Å². The van der Waals surface area contributed by atoms with E-state index in [0.717, 1.165) is 26.1 Å². The number of hydrogen-bond donors (Lipinski definition) is 1. The summed E-state index contributed by atoms with van der Waals surface area (Å²) in [6.07, 6.45) is 3.01. The predicted molar refractivity (Wildman–Crippen MR) is 45.9 cm³/mol. The number of rotatable bonds is 3. The van der Waals surface area contributed by atoms with E-state index in [1.54, 1.807) is 0 Å². The normalized spacial score (nSPS) is 17.8. The van der Waals surface area contributed by atoms with Crippen molar-refractivity contribution in [3.05, 3.63) is 11.9 Å². The van der Waals surface area contributed by atoms with Crippen LogP contribution < -0.4 is 5.32 Å². The fourth-order valence-electron chi connectivity index (χ4n) is 1.47. The minimum absolute atomic E-state index is 0.645. The minimum Gasteiger partial charge on any atom is -0.315 e. The second-order valence-corrected chi connectivity index (χ2v) is 3.24. The van der Waals surface area contributed by atoms with Crippen LogP contribution in [0.1, 0.15) is 25.0 Å². The Morgan fingerprint density at radius 3 is 3.08 bits per heavy atom. The molecule has 4 nitrogen and oxygen atoms in total. The Morgan fingerprint density at radius 1 is 1.67 bits per heavy atom. The number of hydrogen-bond acceptors (Lipinski definition) is 3. The first kappa shape index (κ1) is 7.73. The molecule has 1 saturated heterocycles. The van der Waals surface area contributed by atoms with Gasteiger partial charge in [0.1, 0.15) is 0 Å². The third-order valence-electron chi connectivity index (χ3n) is 2.28. The van der Waals surface area contributed by atoms with Gasteiger partial charge < -0.3 is 5.32 Å². The van der Waals surface area contributed by atoms with Crippen molar-refractivity contribution in [2.24, 2.45) is 0 Å². The maximum Gasteiger partial charge on any atom is 0.0729 e. The van der Waals surface area contributed by atoms with Crippen LogP contribution in [-0.2, 0) is 6.54 Å². The molecule has 0 amide bonds. The Hall–Kier alpha value is -0.900. The molecule has 1 aromatic heterocycles. The van der Waals surface area contributed by atoms with Crippen LogP contribution in [0.5, 0.6) is 0 Å². The zero-order valence-electron chi connectivity index (χ0n) is 7.32. The molecule has 2 heterocycles. The number of aryl methyl sites for hydroxylation is 1. The molecule has 1 N–H and O–H groups in total. The summed E-state index contributed by atoms with van der Waals surface area (Å²) < 4.78 is 2.02. The summed E-state index contributed by atoms with van der Waals surface area (Å²) in [6, 6.07) is 0. The zero-order valence-corrected chi connectivity index (χ0v) is 7.32. The van der Waals surface area contributed by atoms with Crippen LogP contribution in [0, 0.1) is 0 Å². The van der Waals surface area contributed by atoms with Gasteiger partial charge in [0.05, 0.1) is 11.9 Å². The average Bonchev–Trinajstić information content (AvgIpc) is 2.35. The monoisotopic (exact) mass is 166 g/mol. The molecule has 0 spiro atoms. The third-order valence-corrected chi connectivity index (χ3v) is 2.28. The molecule has 0 aromatic carbocycles. The first-order valence-electron chi connectivity index (χ1n) is 4.51. The summed E-state index contributed by atoms with van der Waals surface area (Å²) in [7, 11) is 0. The summed E-state index contributed by atoms with van der Waals surface area (Å²) in [5.74, 6) is 0.645. The Balaban J connectivity index is 2.12. The van der Waals surface area contributed by atoms with Crippen molar-refractivity contribution < 1.29 is 0 Å². The van der Waals surface area contributed by atoms with E-state index < -0.39 is 0 Å². The topological polar surface area (TPSA) is 42.7 Å². The van der Waals surface area contributed by atoms with Crippen LogP contribution in [0.15, 0.2) is 6.20 Å². The molecular formula is C8H14N4. The maximum absolute atomic E-state index is 4.05. The van der Waals surface area contributed by atoms with Crippen LogP contribution in [0.25, 0.3) is 0 Å². The van der Waals surface area contributed by atoms with Crippen LogP contribution in [0.3, 0.4) is 0 Å². The fraction of sp³-hybridized carbons (Fsp3) is 0.750. The highest BCUT2D eigenvalue weighted by atomic mass is 15.4. The number of aromatic nitrogens is 3. The first-order chi connectivity index (χ1) is 5.92. The second kappa shape index (κ2) is 3.23. The molecule has 0 atom stereocenters. The summed E-state index contributed by atoms with van der Waals surface area (Å²) in [5.41, 5.74) is 1.29. The molecule has 66 valence electrons. The van der Waals surface area contributed by atoms with Crippen LogP contribution in [-0.4, -0.2) is 28.1 Å². The van der Waals surface area contributed by atoms with Gasteiger partial charge in [0.15, 0.2) is 0 Å². The van der Waals surface area contributed by atoms with Gasteiger partial charge in [0.25, 0.3) is 0 Å². The van der Waals surface area contributed by atoms with E-state index in [9.17, 15) is 0 Å². The average molecular weight is 166 g/mol. The molecule has 2 rings (SSSR count). The maximum atomic E-state index is 4.05. The molecule has 0 saturated carbocycles. The van der Waals surface area contributed by atoms with E-state index >= 15 is 0 Å². The van der Waals surface area contributed by atoms with E-state index in [4.69, 9.17) is 0 Å². The van der Waals surface area contributed by atoms with Gasteiger partial charge in [-0.1, -0.05) is 12.1 Å². The molecule has 12 heavy (non-hydrogen) atoms. The van der Waals surface area contributed by atoms with Gasteiger partial charge in [-0.25, -0.2) is 4.68 Å². The predicted octanol–water partition coefficient (Wildman–Crippen LogP) is 0.375. The molecule has 0 bridgehead atoms. The number of nitrogens with one attached hydrogen (secondary N) is 1. The van der Waals surface area contributed by atoms with Crippen molar-refractivity contribution in [3.63, 3.8) is 0 Å². The Labute approximate surface area is 72.0 Å². The Bertz CT molecular complexity index is 251. The second-order valence-electron chi connectivity index (χ2n) is 3.24. The summed E-state index contributed by atoms with van der Waals surface area (Å²) in [5, 5.41) is 11.2. The Kier molecular flexibility index (Phi) is 2.08. The SMILES string of the molecule is CCCn1nncc1C1CNC1. The van der Waals surface area contributed by atoms with E-state index in [-0.39, 0.29) is 0 Å². The van der Waals surface area contributed by atoms with Gasteiger partial charge in [-0.2, -0.15) is 0 Å². The van der Waals surface area contributed by atoms with Crippen molar-refractivity contribution in [2.45, 2.75) is 25.8 Å². The van der Waals surface area contributed by atoms with Gasteiger partial charge in [-0.05, 0) is 6.42 Å². The van der Waals surface area contributed by atoms with E-state index in [2.05, 4.69) is 22.6 Å². The minimum atomic E-state index is 0.645. The Morgan fingerprint density at radius 2 is 2.50 bits per heavy atom. The van der Waals surface area contributed by atoms with Crippen molar-refractivity contribution in [3.8, 4) is 0 Å². The van der Waals surface area contributed by atoms with Crippen LogP contribution in [0.2, 0.25) is 0 Å². The lowest BCUT2D eigenvalue weighted by molar-refractivity contribution is 0.411. The molecule has 1 aliphatic heterocycles. The molecule has 1 aliphatic rings. The molecule has 1 aromatic rings. The van der Waals surface area contributed by atoms with E-state index in [1.165, 1.54) is 5.69 Å². The van der Waals surface area contributed by atoms with Crippen LogP contribution >= 0.6 is 0 Å². The molecule has 0 radical (unpaired) electrons. The van der Waals surface area contributed by atoms with E-state index in [0.29, 0.717) is 5.92 Å². The largest absolute Gasteiger partial charge is 0.315 e. The van der Waals surface area contributed by atoms with Crippen LogP contribution in [0.4, 0.5) is 0 Å². The van der Waals surface area contributed by atoms with Gasteiger partial charge in [-0.15, -0.1) is 5.10 Å². The highest BCUT2D eigenvalue weighted by molar-refractivity contribution is 5.09. The van der Waals surface area contributed by atoms with Gasteiger partial charge in [-0.3, -0.25) is 0 Å². The molecule has 4 heteroatoms. The smallest absolute Gasteiger partial charge is 0.0729 e. The van der Waals surface area contributed by atoms with Gasteiger partial charge in [0, 0.05) is 25.6 Å².